The van der Waals surface area contributed by atoms with Crippen LogP contribution in [0.5, 0.6) is 0 Å². The molecule has 1 aromatic carbocycles. The van der Waals surface area contributed by atoms with Gasteiger partial charge in [0.2, 0.25) is 0 Å². The highest BCUT2D eigenvalue weighted by Gasteiger charge is 2.56. The van der Waals surface area contributed by atoms with Gasteiger partial charge in [-0.25, -0.2) is 4.74 Å². The molecule has 4 aliphatic rings. The molecule has 100 valence electrons. The number of hydrogen-bond donors (Lipinski definition) is 0. The van der Waals surface area contributed by atoms with Crippen molar-refractivity contribution in [3.05, 3.63) is 41.1 Å². The molecule has 2 heteroatoms. The molecular formula is C17H21NO. The fourth-order valence-electron chi connectivity index (χ4n) is 5.15. The first kappa shape index (κ1) is 11.5. The van der Waals surface area contributed by atoms with Gasteiger partial charge >= 0.3 is 0 Å². The zero-order valence-electron chi connectivity index (χ0n) is 11.3. The maximum Gasteiger partial charge on any atom is 0.182 e. The highest BCUT2D eigenvalue weighted by Crippen LogP contribution is 2.56. The first-order chi connectivity index (χ1) is 9.23. The fourth-order valence-corrected chi connectivity index (χ4v) is 5.15. The van der Waals surface area contributed by atoms with Gasteiger partial charge in [-0.3, -0.25) is 0 Å². The van der Waals surface area contributed by atoms with Gasteiger partial charge in [-0.2, -0.15) is 0 Å². The quantitative estimate of drug-likeness (QED) is 0.343. The predicted molar refractivity (Wildman–Crippen MR) is 76.1 cm³/mol. The standard InChI is InChI=1S/C17H21NO/c19-18(12-13-4-2-1-3-5-13)17-9-14-6-15(10-17)8-16(7-14)11-17/h1-5,12,14-16H,6-11H2. The molecule has 4 aliphatic carbocycles. The summed E-state index contributed by atoms with van der Waals surface area (Å²) < 4.78 is 1.33. The van der Waals surface area contributed by atoms with Gasteiger partial charge in [0.25, 0.3) is 0 Å². The summed E-state index contributed by atoms with van der Waals surface area (Å²) in [5.41, 5.74) is 0.971. The van der Waals surface area contributed by atoms with Gasteiger partial charge in [0, 0.05) is 24.8 Å². The summed E-state index contributed by atoms with van der Waals surface area (Å²) in [6.07, 6.45) is 9.38. The number of benzene rings is 1. The zero-order chi connectivity index (χ0) is 12.9. The average Bonchev–Trinajstić information content (AvgIpc) is 2.38. The van der Waals surface area contributed by atoms with Crippen LogP contribution in [-0.4, -0.2) is 16.5 Å². The molecule has 0 atom stereocenters. The van der Waals surface area contributed by atoms with Gasteiger partial charge in [-0.05, 0) is 49.1 Å². The summed E-state index contributed by atoms with van der Waals surface area (Å²) in [4.78, 5) is 0. The second-order valence-electron chi connectivity index (χ2n) is 7.01. The van der Waals surface area contributed by atoms with E-state index in [4.69, 9.17) is 0 Å². The van der Waals surface area contributed by atoms with Gasteiger partial charge in [0.1, 0.15) is 0 Å². The van der Waals surface area contributed by atoms with Crippen LogP contribution in [0.1, 0.15) is 44.1 Å². The molecule has 5 rings (SSSR count). The Hall–Kier alpha value is -1.31. The molecule has 4 fully saturated rings. The fraction of sp³-hybridized carbons (Fsp3) is 0.588. The molecule has 0 spiro atoms. The second kappa shape index (κ2) is 4.09. The van der Waals surface area contributed by atoms with Crippen LogP contribution in [-0.2, 0) is 0 Å². The summed E-state index contributed by atoms with van der Waals surface area (Å²) in [6.45, 7) is 0. The first-order valence-corrected chi connectivity index (χ1v) is 7.60. The summed E-state index contributed by atoms with van der Waals surface area (Å²) >= 11 is 0. The average molecular weight is 255 g/mol. The van der Waals surface area contributed by atoms with E-state index in [1.165, 1.54) is 24.0 Å². The van der Waals surface area contributed by atoms with Crippen LogP contribution in [0.2, 0.25) is 0 Å². The van der Waals surface area contributed by atoms with Gasteiger partial charge < -0.3 is 5.21 Å². The topological polar surface area (TPSA) is 26.1 Å². The normalized spacial score (nSPS) is 40.6. The molecule has 0 N–H and O–H groups in total. The van der Waals surface area contributed by atoms with Crippen molar-refractivity contribution in [1.82, 2.24) is 0 Å². The van der Waals surface area contributed by atoms with Crippen LogP contribution in [0.3, 0.4) is 0 Å². The van der Waals surface area contributed by atoms with Crippen LogP contribution in [0.15, 0.2) is 30.3 Å². The van der Waals surface area contributed by atoms with Crippen molar-refractivity contribution in [2.45, 2.75) is 44.1 Å². The number of rotatable bonds is 2. The minimum Gasteiger partial charge on any atom is -0.623 e. The van der Waals surface area contributed by atoms with E-state index in [2.05, 4.69) is 0 Å². The number of hydrogen-bond acceptors (Lipinski definition) is 1. The monoisotopic (exact) mass is 255 g/mol. The third-order valence-electron chi connectivity index (χ3n) is 5.54. The lowest BCUT2D eigenvalue weighted by Gasteiger charge is -2.54. The SMILES string of the molecule is [O-][N+](=Cc1ccccc1)C12CC3CC(CC(C3)C1)C2. The van der Waals surface area contributed by atoms with E-state index in [0.29, 0.717) is 0 Å². The molecule has 2 nitrogen and oxygen atoms in total. The van der Waals surface area contributed by atoms with Gasteiger partial charge in [-0.1, -0.05) is 18.2 Å². The Kier molecular flexibility index (Phi) is 2.48. The Morgan fingerprint density at radius 3 is 2.00 bits per heavy atom. The minimum atomic E-state index is -0.0649. The number of nitrogens with zero attached hydrogens (tertiary/aromatic N) is 1. The molecule has 4 saturated carbocycles. The van der Waals surface area contributed by atoms with Crippen molar-refractivity contribution in [1.29, 1.82) is 0 Å². The smallest absolute Gasteiger partial charge is 0.182 e. The lowest BCUT2D eigenvalue weighted by atomic mass is 9.53. The summed E-state index contributed by atoms with van der Waals surface area (Å²) in [7, 11) is 0. The predicted octanol–water partition coefficient (Wildman–Crippen LogP) is 3.58. The van der Waals surface area contributed by atoms with Gasteiger partial charge in [-0.15, -0.1) is 0 Å². The Balaban J connectivity index is 1.66. The van der Waals surface area contributed by atoms with E-state index in [1.807, 2.05) is 36.5 Å². The van der Waals surface area contributed by atoms with Crippen LogP contribution in [0.4, 0.5) is 0 Å². The third kappa shape index (κ3) is 1.89. The van der Waals surface area contributed by atoms with Crippen molar-refractivity contribution < 1.29 is 4.74 Å². The van der Waals surface area contributed by atoms with Crippen molar-refractivity contribution in [2.24, 2.45) is 17.8 Å². The Morgan fingerprint density at radius 2 is 1.47 bits per heavy atom. The molecule has 0 amide bonds. The lowest BCUT2D eigenvalue weighted by molar-refractivity contribution is -0.566. The van der Waals surface area contributed by atoms with Crippen molar-refractivity contribution >= 4 is 6.21 Å². The molecule has 0 radical (unpaired) electrons. The van der Waals surface area contributed by atoms with Crippen LogP contribution >= 0.6 is 0 Å². The highest BCUT2D eigenvalue weighted by atomic mass is 16.5. The van der Waals surface area contributed by atoms with E-state index in [0.717, 1.165) is 42.6 Å². The molecule has 4 bridgehead atoms. The molecule has 0 aliphatic heterocycles. The summed E-state index contributed by atoms with van der Waals surface area (Å²) in [5, 5.41) is 12.7. The van der Waals surface area contributed by atoms with E-state index < -0.39 is 0 Å². The van der Waals surface area contributed by atoms with E-state index in [-0.39, 0.29) is 5.54 Å². The van der Waals surface area contributed by atoms with Crippen molar-refractivity contribution in [3.63, 3.8) is 0 Å². The van der Waals surface area contributed by atoms with Crippen LogP contribution < -0.4 is 0 Å². The second-order valence-corrected chi connectivity index (χ2v) is 7.01. The maximum absolute atomic E-state index is 12.7. The van der Waals surface area contributed by atoms with E-state index in [9.17, 15) is 5.21 Å². The van der Waals surface area contributed by atoms with Crippen molar-refractivity contribution in [2.75, 3.05) is 0 Å². The van der Waals surface area contributed by atoms with Crippen molar-refractivity contribution in [3.8, 4) is 0 Å². The van der Waals surface area contributed by atoms with E-state index in [1.54, 1.807) is 0 Å². The maximum atomic E-state index is 12.7. The van der Waals surface area contributed by atoms with Gasteiger partial charge in [0.15, 0.2) is 11.8 Å². The molecule has 19 heavy (non-hydrogen) atoms. The largest absolute Gasteiger partial charge is 0.623 e. The molecule has 0 unspecified atom stereocenters. The highest BCUT2D eigenvalue weighted by molar-refractivity contribution is 5.75. The Bertz CT molecular complexity index is 470. The third-order valence-corrected chi connectivity index (χ3v) is 5.54. The Morgan fingerprint density at radius 1 is 0.947 bits per heavy atom. The lowest BCUT2D eigenvalue weighted by Crippen LogP contribution is -2.55. The Labute approximate surface area is 114 Å². The minimum absolute atomic E-state index is 0.0649. The molecule has 1 aromatic rings. The zero-order valence-corrected chi connectivity index (χ0v) is 11.3. The summed E-state index contributed by atoms with van der Waals surface area (Å²) in [6, 6.07) is 10.0. The molecule has 0 saturated heterocycles. The van der Waals surface area contributed by atoms with E-state index >= 15 is 0 Å². The summed E-state index contributed by atoms with van der Waals surface area (Å²) in [5.74, 6) is 2.48. The molecular weight excluding hydrogens is 234 g/mol. The molecule has 0 aromatic heterocycles. The van der Waals surface area contributed by atoms with Crippen LogP contribution in [0, 0.1) is 23.0 Å². The van der Waals surface area contributed by atoms with Gasteiger partial charge in [0.05, 0.1) is 0 Å². The first-order valence-electron chi connectivity index (χ1n) is 7.60. The van der Waals surface area contributed by atoms with Crippen LogP contribution in [0.25, 0.3) is 0 Å². The number of hydroxylamine groups is 1. The molecule has 0 heterocycles.